The van der Waals surface area contributed by atoms with E-state index < -0.39 is 0 Å². The zero-order valence-corrected chi connectivity index (χ0v) is 19.4. The Kier molecular flexibility index (Phi) is 8.13. The highest BCUT2D eigenvalue weighted by Gasteiger charge is 2.24. The van der Waals surface area contributed by atoms with Gasteiger partial charge in [-0.15, -0.1) is 0 Å². The number of hydrazone groups is 1. The fourth-order valence-corrected chi connectivity index (χ4v) is 4.09. The van der Waals surface area contributed by atoms with E-state index in [1.807, 2.05) is 30.3 Å². The summed E-state index contributed by atoms with van der Waals surface area (Å²) in [6, 6.07) is 11.5. The summed E-state index contributed by atoms with van der Waals surface area (Å²) in [6.07, 6.45) is 3.20. The van der Waals surface area contributed by atoms with E-state index >= 15 is 0 Å². The molecule has 0 atom stereocenters. The maximum Gasteiger partial charge on any atom is 0.243 e. The predicted molar refractivity (Wildman–Crippen MR) is 122 cm³/mol. The molecule has 0 aromatic heterocycles. The van der Waals surface area contributed by atoms with Crippen LogP contribution in [0.1, 0.15) is 24.0 Å². The predicted octanol–water partition coefficient (Wildman–Crippen LogP) is 4.48. The third kappa shape index (κ3) is 5.97. The van der Waals surface area contributed by atoms with Crippen LogP contribution >= 0.6 is 27.5 Å². The van der Waals surface area contributed by atoms with Gasteiger partial charge in [-0.3, -0.25) is 9.69 Å². The number of halogens is 2. The summed E-state index contributed by atoms with van der Waals surface area (Å²) in [5, 5.41) is 4.87. The number of methoxy groups -OCH3 is 2. The molecule has 1 N–H and O–H groups in total. The number of rotatable bonds is 7. The van der Waals surface area contributed by atoms with Crippen LogP contribution in [-0.4, -0.2) is 44.3 Å². The van der Waals surface area contributed by atoms with Gasteiger partial charge in [0.2, 0.25) is 5.91 Å². The number of amides is 1. The molecule has 0 aliphatic carbocycles. The van der Waals surface area contributed by atoms with Gasteiger partial charge in [0, 0.05) is 29.1 Å². The summed E-state index contributed by atoms with van der Waals surface area (Å²) in [5.41, 5.74) is 4.63. The van der Waals surface area contributed by atoms with Crippen molar-refractivity contribution in [3.05, 3.63) is 57.0 Å². The highest BCUT2D eigenvalue weighted by atomic mass is 79.9. The Morgan fingerprint density at radius 1 is 1.20 bits per heavy atom. The van der Waals surface area contributed by atoms with E-state index in [0.717, 1.165) is 47.5 Å². The summed E-state index contributed by atoms with van der Waals surface area (Å²) in [7, 11) is 3.17. The molecule has 0 bridgehead atoms. The van der Waals surface area contributed by atoms with Gasteiger partial charge in [-0.25, -0.2) is 5.43 Å². The Bertz CT molecular complexity index is 897. The third-order valence-electron chi connectivity index (χ3n) is 5.16. The van der Waals surface area contributed by atoms with Crippen LogP contribution in [0.25, 0.3) is 0 Å². The van der Waals surface area contributed by atoms with Gasteiger partial charge in [-0.2, -0.15) is 5.10 Å². The summed E-state index contributed by atoms with van der Waals surface area (Å²) in [6.45, 7) is 2.63. The summed E-state index contributed by atoms with van der Waals surface area (Å²) in [5.74, 6) is 1.19. The van der Waals surface area contributed by atoms with E-state index in [9.17, 15) is 4.79 Å². The van der Waals surface area contributed by atoms with Gasteiger partial charge in [0.15, 0.2) is 0 Å². The molecule has 1 aliphatic heterocycles. The monoisotopic (exact) mass is 493 g/mol. The van der Waals surface area contributed by atoms with Gasteiger partial charge in [0.05, 0.1) is 24.9 Å². The molecule has 0 spiro atoms. The maximum atomic E-state index is 12.5. The molecule has 2 aromatic rings. The van der Waals surface area contributed by atoms with E-state index in [0.29, 0.717) is 11.5 Å². The highest BCUT2D eigenvalue weighted by molar-refractivity contribution is 9.10. The molecule has 0 radical (unpaired) electrons. The summed E-state index contributed by atoms with van der Waals surface area (Å²) in [4.78, 5) is 14.9. The number of likely N-dealkylation sites (tertiary alicyclic amines) is 1. The number of piperidine rings is 1. The molecule has 0 unspecified atom stereocenters. The molecule has 1 fully saturated rings. The smallest absolute Gasteiger partial charge is 0.243 e. The standard InChI is InChI=1S/C22H25BrClN3O3/c1-29-20-12-21(30-2)19(23)11-17(20)13-25-26-22(28)16-7-9-27(10-8-16)14-15-3-5-18(24)6-4-15/h3-6,11-13,16H,7-10,14H2,1-2H3,(H,26,28)/b25-13-. The first-order valence-electron chi connectivity index (χ1n) is 9.71. The average Bonchev–Trinajstić information content (AvgIpc) is 2.76. The molecule has 1 heterocycles. The van der Waals surface area contributed by atoms with E-state index in [2.05, 4.69) is 31.4 Å². The molecular weight excluding hydrogens is 470 g/mol. The van der Waals surface area contributed by atoms with Crippen molar-refractivity contribution in [3.8, 4) is 11.5 Å². The second-order valence-electron chi connectivity index (χ2n) is 7.14. The highest BCUT2D eigenvalue weighted by Crippen LogP contribution is 2.32. The van der Waals surface area contributed by atoms with Gasteiger partial charge >= 0.3 is 0 Å². The van der Waals surface area contributed by atoms with Crippen LogP contribution < -0.4 is 14.9 Å². The number of hydrogen-bond acceptors (Lipinski definition) is 5. The topological polar surface area (TPSA) is 63.2 Å². The number of benzene rings is 2. The van der Waals surface area contributed by atoms with Crippen molar-refractivity contribution >= 4 is 39.7 Å². The SMILES string of the molecule is COc1cc(OC)c(/C=N\NC(=O)C2CCN(Cc3ccc(Cl)cc3)CC2)cc1Br. The molecule has 30 heavy (non-hydrogen) atoms. The van der Waals surface area contributed by atoms with Gasteiger partial charge in [0.25, 0.3) is 0 Å². The number of carbonyl (C=O) groups excluding carboxylic acids is 1. The lowest BCUT2D eigenvalue weighted by molar-refractivity contribution is -0.126. The summed E-state index contributed by atoms with van der Waals surface area (Å²) >= 11 is 9.39. The minimum absolute atomic E-state index is 0.0342. The van der Waals surface area contributed by atoms with Crippen molar-refractivity contribution in [2.24, 2.45) is 11.0 Å². The zero-order chi connectivity index (χ0) is 21.5. The lowest BCUT2D eigenvalue weighted by Gasteiger charge is -2.30. The van der Waals surface area contributed by atoms with Crippen molar-refractivity contribution in [3.63, 3.8) is 0 Å². The van der Waals surface area contributed by atoms with Gasteiger partial charge in [0.1, 0.15) is 11.5 Å². The molecule has 8 heteroatoms. The molecule has 6 nitrogen and oxygen atoms in total. The fourth-order valence-electron chi connectivity index (χ4n) is 3.44. The van der Waals surface area contributed by atoms with Crippen LogP contribution in [-0.2, 0) is 11.3 Å². The van der Waals surface area contributed by atoms with Crippen LogP contribution in [0.4, 0.5) is 0 Å². The minimum atomic E-state index is -0.0519. The molecular formula is C22H25BrClN3O3. The summed E-state index contributed by atoms with van der Waals surface area (Å²) < 4.78 is 11.4. The second-order valence-corrected chi connectivity index (χ2v) is 8.43. The quantitative estimate of drug-likeness (QED) is 0.455. The lowest BCUT2D eigenvalue weighted by atomic mass is 9.96. The number of nitrogens with zero attached hydrogens (tertiary/aromatic N) is 2. The molecule has 0 saturated carbocycles. The van der Waals surface area contributed by atoms with E-state index in [1.54, 1.807) is 26.5 Å². The number of nitrogens with one attached hydrogen (secondary N) is 1. The Morgan fingerprint density at radius 3 is 2.50 bits per heavy atom. The molecule has 1 aliphatic rings. The molecule has 2 aromatic carbocycles. The Labute approximate surface area is 190 Å². The van der Waals surface area contributed by atoms with Crippen LogP contribution in [0.2, 0.25) is 5.02 Å². The normalized spacial score (nSPS) is 15.3. The number of ether oxygens (including phenoxy) is 2. The Balaban J connectivity index is 1.50. The van der Waals surface area contributed by atoms with Crippen molar-refractivity contribution in [2.75, 3.05) is 27.3 Å². The molecule has 1 saturated heterocycles. The van der Waals surface area contributed by atoms with Crippen LogP contribution in [0.5, 0.6) is 11.5 Å². The fraction of sp³-hybridized carbons (Fsp3) is 0.364. The van der Waals surface area contributed by atoms with Crippen molar-refractivity contribution < 1.29 is 14.3 Å². The van der Waals surface area contributed by atoms with Crippen molar-refractivity contribution in [2.45, 2.75) is 19.4 Å². The molecule has 3 rings (SSSR count). The first kappa shape index (κ1) is 22.6. The Hall–Kier alpha value is -2.09. The van der Waals surface area contributed by atoms with Crippen LogP contribution in [0.15, 0.2) is 46.0 Å². The second kappa shape index (κ2) is 10.8. The Morgan fingerprint density at radius 2 is 1.87 bits per heavy atom. The minimum Gasteiger partial charge on any atom is -0.496 e. The van der Waals surface area contributed by atoms with E-state index in [4.69, 9.17) is 21.1 Å². The van der Waals surface area contributed by atoms with E-state index in [-0.39, 0.29) is 11.8 Å². The maximum absolute atomic E-state index is 12.5. The van der Waals surface area contributed by atoms with Crippen molar-refractivity contribution in [1.82, 2.24) is 10.3 Å². The van der Waals surface area contributed by atoms with Gasteiger partial charge in [-0.05, 0) is 65.6 Å². The first-order chi connectivity index (χ1) is 14.5. The third-order valence-corrected chi connectivity index (χ3v) is 6.03. The largest absolute Gasteiger partial charge is 0.496 e. The van der Waals surface area contributed by atoms with Crippen molar-refractivity contribution in [1.29, 1.82) is 0 Å². The van der Waals surface area contributed by atoms with E-state index in [1.165, 1.54) is 5.56 Å². The first-order valence-corrected chi connectivity index (χ1v) is 10.9. The lowest BCUT2D eigenvalue weighted by Crippen LogP contribution is -2.39. The average molecular weight is 495 g/mol. The van der Waals surface area contributed by atoms with Crippen LogP contribution in [0, 0.1) is 5.92 Å². The molecule has 160 valence electrons. The van der Waals surface area contributed by atoms with Gasteiger partial charge in [-0.1, -0.05) is 23.7 Å². The number of carbonyl (C=O) groups is 1. The van der Waals surface area contributed by atoms with Gasteiger partial charge < -0.3 is 9.47 Å². The zero-order valence-electron chi connectivity index (χ0n) is 17.0. The number of hydrogen-bond donors (Lipinski definition) is 1. The molecule has 1 amide bonds. The van der Waals surface area contributed by atoms with Crippen LogP contribution in [0.3, 0.4) is 0 Å².